The second-order valence-electron chi connectivity index (χ2n) is 4.93. The quantitative estimate of drug-likeness (QED) is 0.825. The van der Waals surface area contributed by atoms with Gasteiger partial charge < -0.3 is 20.1 Å². The Balaban J connectivity index is 1.74. The summed E-state index contributed by atoms with van der Waals surface area (Å²) in [5.74, 6) is 1.44. The fraction of sp³-hybridized carbons (Fsp3) is 0.583. The van der Waals surface area contributed by atoms with Crippen molar-refractivity contribution in [3.05, 3.63) is 12.1 Å². The predicted molar refractivity (Wildman–Crippen MR) is 65.3 cm³/mol. The topological polar surface area (TPSA) is 60.6 Å². The number of aromatic nitrogens is 1. The second-order valence-corrected chi connectivity index (χ2v) is 4.93. The first-order chi connectivity index (χ1) is 8.22. The zero-order valence-corrected chi connectivity index (χ0v) is 9.98. The first kappa shape index (κ1) is 10.7. The minimum Gasteiger partial charge on any atom is -0.479 e. The highest BCUT2D eigenvalue weighted by atomic mass is 16.5. The molecule has 5 heteroatoms. The summed E-state index contributed by atoms with van der Waals surface area (Å²) in [5, 5.41) is 0. The summed E-state index contributed by atoms with van der Waals surface area (Å²) in [6.45, 7) is 3.82. The zero-order chi connectivity index (χ0) is 11.9. The van der Waals surface area contributed by atoms with E-state index in [1.165, 1.54) is 0 Å². The Kier molecular flexibility index (Phi) is 2.36. The van der Waals surface area contributed by atoms with Crippen LogP contribution in [0.5, 0.6) is 5.88 Å². The second kappa shape index (κ2) is 3.77. The van der Waals surface area contributed by atoms with Gasteiger partial charge in [-0.05, 0) is 18.6 Å². The molecule has 2 aliphatic heterocycles. The summed E-state index contributed by atoms with van der Waals surface area (Å²) >= 11 is 0. The number of hydrogen-bond acceptors (Lipinski definition) is 5. The number of anilines is 2. The third kappa shape index (κ3) is 1.70. The van der Waals surface area contributed by atoms with Crippen molar-refractivity contribution in [2.45, 2.75) is 6.42 Å². The largest absolute Gasteiger partial charge is 0.479 e. The Hall–Kier alpha value is -1.49. The standard InChI is InChI=1S/C12H17N3O2/c1-16-11-9(13)2-3-10(14-11)15-6-12(7-15)4-5-17-8-12/h2-3H,4-8,13H2,1H3. The molecule has 0 aliphatic carbocycles. The number of nitrogens with zero attached hydrogens (tertiary/aromatic N) is 2. The third-order valence-corrected chi connectivity index (χ3v) is 3.63. The minimum atomic E-state index is 0.371. The fourth-order valence-corrected chi connectivity index (χ4v) is 2.61. The van der Waals surface area contributed by atoms with Crippen molar-refractivity contribution in [2.75, 3.05) is 44.0 Å². The molecule has 0 unspecified atom stereocenters. The predicted octanol–water partition coefficient (Wildman–Crippen LogP) is 0.899. The maximum Gasteiger partial charge on any atom is 0.238 e. The molecule has 92 valence electrons. The van der Waals surface area contributed by atoms with E-state index < -0.39 is 0 Å². The number of methoxy groups -OCH3 is 1. The smallest absolute Gasteiger partial charge is 0.238 e. The van der Waals surface area contributed by atoms with E-state index in [2.05, 4.69) is 9.88 Å². The Bertz CT molecular complexity index is 422. The van der Waals surface area contributed by atoms with Crippen LogP contribution in [0.4, 0.5) is 11.5 Å². The normalized spacial score (nSPS) is 21.6. The summed E-state index contributed by atoms with van der Waals surface area (Å²) in [6.07, 6.45) is 1.16. The molecule has 1 aromatic rings. The summed E-state index contributed by atoms with van der Waals surface area (Å²) in [4.78, 5) is 6.65. The van der Waals surface area contributed by atoms with Crippen molar-refractivity contribution in [1.29, 1.82) is 0 Å². The van der Waals surface area contributed by atoms with Gasteiger partial charge in [-0.25, -0.2) is 0 Å². The monoisotopic (exact) mass is 235 g/mol. The van der Waals surface area contributed by atoms with E-state index in [4.69, 9.17) is 15.2 Å². The van der Waals surface area contributed by atoms with Gasteiger partial charge in [-0.3, -0.25) is 0 Å². The van der Waals surface area contributed by atoms with E-state index in [-0.39, 0.29) is 0 Å². The molecule has 0 aromatic carbocycles. The molecule has 1 spiro atoms. The number of pyridine rings is 1. The molecule has 0 radical (unpaired) electrons. The Morgan fingerprint density at radius 2 is 2.29 bits per heavy atom. The molecule has 3 heterocycles. The molecule has 1 aromatic heterocycles. The number of rotatable bonds is 2. The summed E-state index contributed by atoms with van der Waals surface area (Å²) in [7, 11) is 1.59. The molecule has 2 saturated heterocycles. The molecule has 0 atom stereocenters. The van der Waals surface area contributed by atoms with E-state index in [1.54, 1.807) is 7.11 Å². The van der Waals surface area contributed by atoms with Gasteiger partial charge in [0, 0.05) is 25.1 Å². The van der Waals surface area contributed by atoms with Gasteiger partial charge in [-0.15, -0.1) is 0 Å². The molecule has 0 bridgehead atoms. The lowest BCUT2D eigenvalue weighted by molar-refractivity contribution is 0.131. The van der Waals surface area contributed by atoms with Gasteiger partial charge in [0.05, 0.1) is 19.4 Å². The maximum atomic E-state index is 5.75. The van der Waals surface area contributed by atoms with E-state index in [0.717, 1.165) is 38.5 Å². The van der Waals surface area contributed by atoms with Gasteiger partial charge in [0.2, 0.25) is 5.88 Å². The van der Waals surface area contributed by atoms with Crippen LogP contribution >= 0.6 is 0 Å². The lowest BCUT2D eigenvalue weighted by Crippen LogP contribution is -2.57. The fourth-order valence-electron chi connectivity index (χ4n) is 2.61. The first-order valence-electron chi connectivity index (χ1n) is 5.86. The zero-order valence-electron chi connectivity index (χ0n) is 9.98. The van der Waals surface area contributed by atoms with Crippen LogP contribution in [-0.2, 0) is 4.74 Å². The molecule has 0 saturated carbocycles. The van der Waals surface area contributed by atoms with E-state index >= 15 is 0 Å². The minimum absolute atomic E-state index is 0.371. The molecule has 5 nitrogen and oxygen atoms in total. The van der Waals surface area contributed by atoms with Crippen molar-refractivity contribution in [3.63, 3.8) is 0 Å². The van der Waals surface area contributed by atoms with Crippen LogP contribution in [0.3, 0.4) is 0 Å². The molecule has 3 rings (SSSR count). The van der Waals surface area contributed by atoms with E-state index in [9.17, 15) is 0 Å². The van der Waals surface area contributed by atoms with Gasteiger partial charge in [-0.1, -0.05) is 0 Å². The lowest BCUT2D eigenvalue weighted by Gasteiger charge is -2.47. The lowest BCUT2D eigenvalue weighted by atomic mass is 9.79. The van der Waals surface area contributed by atoms with Crippen molar-refractivity contribution in [3.8, 4) is 5.88 Å². The van der Waals surface area contributed by atoms with Crippen LogP contribution in [0.2, 0.25) is 0 Å². The highest BCUT2D eigenvalue weighted by molar-refractivity contribution is 5.55. The number of hydrogen-bond donors (Lipinski definition) is 1. The first-order valence-corrected chi connectivity index (χ1v) is 5.86. The third-order valence-electron chi connectivity index (χ3n) is 3.63. The van der Waals surface area contributed by atoms with Gasteiger partial charge in [-0.2, -0.15) is 4.98 Å². The van der Waals surface area contributed by atoms with Gasteiger partial charge >= 0.3 is 0 Å². The SMILES string of the molecule is COc1nc(N2CC3(CCOC3)C2)ccc1N. The molecule has 2 N–H and O–H groups in total. The maximum absolute atomic E-state index is 5.75. The average molecular weight is 235 g/mol. The summed E-state index contributed by atoms with van der Waals surface area (Å²) in [6, 6.07) is 3.79. The molecule has 2 aliphatic rings. The van der Waals surface area contributed by atoms with Gasteiger partial charge in [0.1, 0.15) is 5.82 Å². The number of nitrogen functional groups attached to an aromatic ring is 1. The molecule has 0 amide bonds. The van der Waals surface area contributed by atoms with Crippen LogP contribution in [0.25, 0.3) is 0 Å². The Morgan fingerprint density at radius 3 is 2.94 bits per heavy atom. The van der Waals surface area contributed by atoms with Crippen LogP contribution < -0.4 is 15.4 Å². The van der Waals surface area contributed by atoms with Crippen molar-refractivity contribution >= 4 is 11.5 Å². The van der Waals surface area contributed by atoms with Crippen molar-refractivity contribution < 1.29 is 9.47 Å². The average Bonchev–Trinajstić information content (AvgIpc) is 2.77. The summed E-state index contributed by atoms with van der Waals surface area (Å²) in [5.41, 5.74) is 6.70. The van der Waals surface area contributed by atoms with Gasteiger partial charge in [0.25, 0.3) is 0 Å². The Labute approximate surface area is 101 Å². The van der Waals surface area contributed by atoms with Crippen LogP contribution in [0, 0.1) is 5.41 Å². The van der Waals surface area contributed by atoms with Crippen molar-refractivity contribution in [1.82, 2.24) is 4.98 Å². The van der Waals surface area contributed by atoms with Gasteiger partial charge in [0.15, 0.2) is 0 Å². The molecule has 17 heavy (non-hydrogen) atoms. The van der Waals surface area contributed by atoms with E-state index in [1.807, 2.05) is 12.1 Å². The van der Waals surface area contributed by atoms with E-state index in [0.29, 0.717) is 17.0 Å². The van der Waals surface area contributed by atoms with Crippen LogP contribution in [0.1, 0.15) is 6.42 Å². The molecular formula is C12H17N3O2. The molecular weight excluding hydrogens is 218 g/mol. The highest BCUT2D eigenvalue weighted by Crippen LogP contribution is 2.40. The number of ether oxygens (including phenoxy) is 2. The van der Waals surface area contributed by atoms with Crippen LogP contribution in [-0.4, -0.2) is 38.4 Å². The van der Waals surface area contributed by atoms with Crippen molar-refractivity contribution in [2.24, 2.45) is 5.41 Å². The molecule has 2 fully saturated rings. The Morgan fingerprint density at radius 1 is 1.47 bits per heavy atom. The summed E-state index contributed by atoms with van der Waals surface area (Å²) < 4.78 is 10.6. The highest BCUT2D eigenvalue weighted by Gasteiger charge is 2.46. The van der Waals surface area contributed by atoms with Crippen LogP contribution in [0.15, 0.2) is 12.1 Å². The number of nitrogens with two attached hydrogens (primary N) is 1.